The highest BCUT2D eigenvalue weighted by Gasteiger charge is 2.49. The molecule has 8 aromatic carbocycles. The first-order chi connectivity index (χ1) is 30.8. The summed E-state index contributed by atoms with van der Waals surface area (Å²) in [6.07, 6.45) is 6.62. The molecule has 0 saturated heterocycles. The van der Waals surface area contributed by atoms with E-state index in [0.717, 1.165) is 74.0 Å². The highest BCUT2D eigenvalue weighted by molar-refractivity contribution is 6.09. The molecule has 0 atom stereocenters. The Hall–Kier alpha value is -7.88. The summed E-state index contributed by atoms with van der Waals surface area (Å²) in [6.45, 7) is 0. The van der Waals surface area contributed by atoms with Crippen LogP contribution in [0.5, 0.6) is 0 Å². The third-order valence-electron chi connectivity index (χ3n) is 12.9. The molecule has 2 aliphatic carbocycles. The van der Waals surface area contributed by atoms with Crippen molar-refractivity contribution in [3.8, 4) is 56.2 Å². The van der Waals surface area contributed by atoms with Gasteiger partial charge in [-0.3, -0.25) is 0 Å². The Labute approximate surface area is 361 Å². The standard InChI is InChI=1S/C59H40N2O/c1-4-18-39(19-5-1)40-34-36-41(37-35-40)44-24-10-11-26-46(44)53-38-54(50-30-17-29-49-47-27-13-15-33-55(47)62-57(49)50)61-58(60-53)51-31-16-28-48-45-25-12-14-32-52(45)59(56(48)51,42-20-6-2-7-21-42)43-22-8-3-9-23-43/h1-13,15-31,33-38H,14,32H2. The second kappa shape index (κ2) is 14.7. The molecule has 0 radical (unpaired) electrons. The van der Waals surface area contributed by atoms with Crippen LogP contribution in [-0.4, -0.2) is 9.97 Å². The average molecular weight is 793 g/mol. The summed E-state index contributed by atoms with van der Waals surface area (Å²) in [5.41, 5.74) is 18.0. The summed E-state index contributed by atoms with van der Waals surface area (Å²) < 4.78 is 6.68. The van der Waals surface area contributed by atoms with Crippen LogP contribution in [0, 0.1) is 0 Å². The molecule has 0 saturated carbocycles. The number of hydrogen-bond donors (Lipinski definition) is 0. The Balaban J connectivity index is 1.13. The molecule has 3 nitrogen and oxygen atoms in total. The van der Waals surface area contributed by atoms with Crippen LogP contribution in [0.3, 0.4) is 0 Å². The number of benzene rings is 8. The third kappa shape index (κ3) is 5.66. The van der Waals surface area contributed by atoms with Gasteiger partial charge in [0.25, 0.3) is 0 Å². The molecular formula is C59H40N2O. The van der Waals surface area contributed by atoms with E-state index in [1.54, 1.807) is 0 Å². The van der Waals surface area contributed by atoms with Crippen LogP contribution >= 0.6 is 0 Å². The minimum absolute atomic E-state index is 0.550. The minimum atomic E-state index is -0.550. The molecule has 0 N–H and O–H groups in total. The van der Waals surface area contributed by atoms with Gasteiger partial charge in [-0.05, 0) is 86.7 Å². The van der Waals surface area contributed by atoms with Crippen LogP contribution in [0.2, 0.25) is 0 Å². The quantitative estimate of drug-likeness (QED) is 0.161. The summed E-state index contributed by atoms with van der Waals surface area (Å²) in [5, 5.41) is 2.15. The third-order valence-corrected chi connectivity index (χ3v) is 12.9. The number of allylic oxidation sites excluding steroid dienone is 4. The van der Waals surface area contributed by atoms with Gasteiger partial charge in [0.15, 0.2) is 5.82 Å². The molecule has 2 heterocycles. The number of rotatable bonds is 7. The highest BCUT2D eigenvalue weighted by atomic mass is 16.3. The molecule has 0 spiro atoms. The maximum absolute atomic E-state index is 6.68. The average Bonchev–Trinajstić information content (AvgIpc) is 3.89. The lowest BCUT2D eigenvalue weighted by molar-refractivity contribution is 0.670. The van der Waals surface area contributed by atoms with Crippen molar-refractivity contribution in [2.45, 2.75) is 18.3 Å². The zero-order valence-electron chi connectivity index (χ0n) is 34.0. The van der Waals surface area contributed by atoms with Gasteiger partial charge < -0.3 is 4.42 Å². The van der Waals surface area contributed by atoms with Gasteiger partial charge in [0.1, 0.15) is 11.2 Å². The number of hydrogen-bond acceptors (Lipinski definition) is 3. The van der Waals surface area contributed by atoms with Gasteiger partial charge in [-0.2, -0.15) is 0 Å². The van der Waals surface area contributed by atoms with Gasteiger partial charge >= 0.3 is 0 Å². The normalized spacial score (nSPS) is 14.0. The van der Waals surface area contributed by atoms with Crippen LogP contribution in [0.15, 0.2) is 228 Å². The lowest BCUT2D eigenvalue weighted by Crippen LogP contribution is -2.31. The van der Waals surface area contributed by atoms with Gasteiger partial charge in [0.05, 0.1) is 16.8 Å². The Morgan fingerprint density at radius 2 is 0.984 bits per heavy atom. The molecule has 292 valence electrons. The van der Waals surface area contributed by atoms with E-state index in [2.05, 4.69) is 206 Å². The van der Waals surface area contributed by atoms with Crippen molar-refractivity contribution in [1.82, 2.24) is 9.97 Å². The monoisotopic (exact) mass is 792 g/mol. The predicted octanol–water partition coefficient (Wildman–Crippen LogP) is 15.2. The summed E-state index contributed by atoms with van der Waals surface area (Å²) >= 11 is 0. The number of nitrogens with zero attached hydrogens (tertiary/aromatic N) is 2. The maximum Gasteiger partial charge on any atom is 0.160 e. The largest absolute Gasteiger partial charge is 0.455 e. The molecule has 10 aromatic rings. The Kier molecular flexibility index (Phi) is 8.53. The molecule has 12 rings (SSSR count). The van der Waals surface area contributed by atoms with E-state index in [0.29, 0.717) is 5.82 Å². The number of furan rings is 1. The fourth-order valence-corrected chi connectivity index (χ4v) is 10.2. The van der Waals surface area contributed by atoms with Crippen molar-refractivity contribution in [1.29, 1.82) is 0 Å². The first-order valence-corrected chi connectivity index (χ1v) is 21.5. The molecule has 0 aliphatic heterocycles. The highest BCUT2D eigenvalue weighted by Crippen LogP contribution is 2.59. The molecule has 0 amide bonds. The van der Waals surface area contributed by atoms with Crippen LogP contribution in [-0.2, 0) is 5.41 Å². The fraction of sp³-hybridized carbons (Fsp3) is 0.0508. The predicted molar refractivity (Wildman–Crippen MR) is 255 cm³/mol. The van der Waals surface area contributed by atoms with Crippen LogP contribution in [0.25, 0.3) is 83.7 Å². The SMILES string of the molecule is C1=CC2=C(CC1)C(c1ccccc1)(c1ccccc1)c1c2cccc1-c1nc(-c2ccccc2-c2ccc(-c3ccccc3)cc2)cc(-c2cccc3c2oc2ccccc23)n1. The smallest absolute Gasteiger partial charge is 0.160 e. The molecule has 3 heteroatoms. The molecule has 2 aliphatic rings. The van der Waals surface area contributed by atoms with E-state index in [1.165, 1.54) is 44.5 Å². The second-order valence-corrected chi connectivity index (χ2v) is 16.3. The lowest BCUT2D eigenvalue weighted by Gasteiger charge is -2.37. The van der Waals surface area contributed by atoms with Gasteiger partial charge in [-0.25, -0.2) is 9.97 Å². The van der Waals surface area contributed by atoms with E-state index >= 15 is 0 Å². The van der Waals surface area contributed by atoms with Crippen LogP contribution in [0.4, 0.5) is 0 Å². The summed E-state index contributed by atoms with van der Waals surface area (Å²) in [4.78, 5) is 11.3. The van der Waals surface area contributed by atoms with E-state index in [4.69, 9.17) is 14.4 Å². The number of para-hydroxylation sites is 2. The van der Waals surface area contributed by atoms with Crippen molar-refractivity contribution >= 4 is 27.5 Å². The van der Waals surface area contributed by atoms with Gasteiger partial charge in [0, 0.05) is 27.5 Å². The van der Waals surface area contributed by atoms with Crippen molar-refractivity contribution in [2.24, 2.45) is 0 Å². The van der Waals surface area contributed by atoms with E-state index in [-0.39, 0.29) is 0 Å². The van der Waals surface area contributed by atoms with E-state index < -0.39 is 5.41 Å². The molecule has 0 bridgehead atoms. The van der Waals surface area contributed by atoms with Gasteiger partial charge in [-0.1, -0.05) is 200 Å². The zero-order chi connectivity index (χ0) is 41.0. The molecule has 0 fully saturated rings. The van der Waals surface area contributed by atoms with Crippen LogP contribution < -0.4 is 0 Å². The lowest BCUT2D eigenvalue weighted by atomic mass is 9.64. The number of aromatic nitrogens is 2. The Morgan fingerprint density at radius 3 is 1.74 bits per heavy atom. The van der Waals surface area contributed by atoms with Gasteiger partial charge in [-0.15, -0.1) is 0 Å². The summed E-state index contributed by atoms with van der Waals surface area (Å²) in [6, 6.07) is 73.7. The van der Waals surface area contributed by atoms with Crippen molar-refractivity contribution in [3.05, 3.63) is 246 Å². The number of fused-ring (bicyclic) bond motifs is 5. The van der Waals surface area contributed by atoms with Crippen molar-refractivity contribution in [3.63, 3.8) is 0 Å². The molecular weight excluding hydrogens is 753 g/mol. The second-order valence-electron chi connectivity index (χ2n) is 16.3. The van der Waals surface area contributed by atoms with E-state index in [9.17, 15) is 0 Å². The maximum atomic E-state index is 6.68. The molecule has 2 aromatic heterocycles. The summed E-state index contributed by atoms with van der Waals surface area (Å²) in [7, 11) is 0. The first-order valence-electron chi connectivity index (χ1n) is 21.5. The van der Waals surface area contributed by atoms with Crippen LogP contribution in [0.1, 0.15) is 35.1 Å². The van der Waals surface area contributed by atoms with Gasteiger partial charge in [0.2, 0.25) is 0 Å². The zero-order valence-corrected chi connectivity index (χ0v) is 34.0. The minimum Gasteiger partial charge on any atom is -0.455 e. The summed E-state index contributed by atoms with van der Waals surface area (Å²) in [5.74, 6) is 0.678. The topological polar surface area (TPSA) is 38.9 Å². The van der Waals surface area contributed by atoms with E-state index in [1.807, 2.05) is 12.1 Å². The Morgan fingerprint density at radius 1 is 0.435 bits per heavy atom. The molecule has 0 unspecified atom stereocenters. The van der Waals surface area contributed by atoms with Crippen molar-refractivity contribution < 1.29 is 4.42 Å². The Bertz CT molecular complexity index is 3340. The van der Waals surface area contributed by atoms with Crippen molar-refractivity contribution in [2.75, 3.05) is 0 Å². The fourth-order valence-electron chi connectivity index (χ4n) is 10.2. The molecule has 62 heavy (non-hydrogen) atoms. The first kappa shape index (κ1) is 36.0.